The summed E-state index contributed by atoms with van der Waals surface area (Å²) >= 11 is 0. The van der Waals surface area contributed by atoms with E-state index in [2.05, 4.69) is 23.9 Å². The predicted octanol–water partition coefficient (Wildman–Crippen LogP) is 3.08. The van der Waals surface area contributed by atoms with Gasteiger partial charge in [0, 0.05) is 18.2 Å². The van der Waals surface area contributed by atoms with Crippen molar-refractivity contribution in [2.45, 2.75) is 63.3 Å². The summed E-state index contributed by atoms with van der Waals surface area (Å²) < 4.78 is 33.7. The number of carbonyl (C=O) groups excluding carboxylic acids is 1. The Balaban J connectivity index is 2.18. The van der Waals surface area contributed by atoms with Gasteiger partial charge in [-0.3, -0.25) is 4.79 Å². The molecule has 0 aromatic heterocycles. The second-order valence-corrected chi connectivity index (χ2v) is 8.94. The molecular formula is C19H30N2O4S. The van der Waals surface area contributed by atoms with Crippen LogP contribution < -0.4 is 14.8 Å². The smallest absolute Gasteiger partial charge is 0.251 e. The molecule has 2 rings (SSSR count). The van der Waals surface area contributed by atoms with E-state index in [9.17, 15) is 13.2 Å². The molecule has 0 heterocycles. The van der Waals surface area contributed by atoms with Crippen molar-refractivity contribution in [2.24, 2.45) is 5.92 Å². The summed E-state index contributed by atoms with van der Waals surface area (Å²) in [5.41, 5.74) is 0.318. The number of hydrogen-bond acceptors (Lipinski definition) is 4. The van der Waals surface area contributed by atoms with Gasteiger partial charge in [0.05, 0.1) is 7.11 Å². The maximum absolute atomic E-state index is 12.8. The monoisotopic (exact) mass is 382 g/mol. The number of hydrogen-bond donors (Lipinski definition) is 2. The highest BCUT2D eigenvalue weighted by atomic mass is 32.2. The van der Waals surface area contributed by atoms with Crippen LogP contribution in [0.2, 0.25) is 0 Å². The fourth-order valence-electron chi connectivity index (χ4n) is 3.11. The summed E-state index contributed by atoms with van der Waals surface area (Å²) in [7, 11) is -2.32. The number of rotatable bonds is 8. The van der Waals surface area contributed by atoms with E-state index in [0.717, 1.165) is 38.5 Å². The van der Waals surface area contributed by atoms with Gasteiger partial charge in [0.15, 0.2) is 0 Å². The Labute approximate surface area is 156 Å². The molecule has 1 aliphatic carbocycles. The lowest BCUT2D eigenvalue weighted by Gasteiger charge is -2.23. The van der Waals surface area contributed by atoms with Crippen molar-refractivity contribution in [3.8, 4) is 5.75 Å². The Morgan fingerprint density at radius 1 is 1.23 bits per heavy atom. The first kappa shape index (κ1) is 20.7. The zero-order chi connectivity index (χ0) is 19.2. The molecule has 146 valence electrons. The third kappa shape index (κ3) is 5.71. The molecule has 1 aromatic carbocycles. The summed E-state index contributed by atoms with van der Waals surface area (Å²) in [6, 6.07) is 4.46. The molecule has 1 saturated carbocycles. The molecule has 0 atom stereocenters. The van der Waals surface area contributed by atoms with Crippen molar-refractivity contribution in [3.05, 3.63) is 23.8 Å². The molecule has 1 amide bonds. The zero-order valence-corrected chi connectivity index (χ0v) is 16.7. The third-order valence-electron chi connectivity index (χ3n) is 4.65. The summed E-state index contributed by atoms with van der Waals surface area (Å²) in [6.07, 6.45) is 5.77. The minimum atomic E-state index is -3.75. The van der Waals surface area contributed by atoms with Crippen molar-refractivity contribution >= 4 is 15.9 Å². The van der Waals surface area contributed by atoms with Gasteiger partial charge in [-0.15, -0.1) is 0 Å². The summed E-state index contributed by atoms with van der Waals surface area (Å²) in [5.74, 6) is 0.455. The van der Waals surface area contributed by atoms with E-state index in [-0.39, 0.29) is 22.6 Å². The maximum atomic E-state index is 12.8. The lowest BCUT2D eigenvalue weighted by Crippen LogP contribution is -2.36. The van der Waals surface area contributed by atoms with E-state index in [1.165, 1.54) is 19.2 Å². The molecule has 26 heavy (non-hydrogen) atoms. The lowest BCUT2D eigenvalue weighted by molar-refractivity contribution is 0.0951. The number of ether oxygens (including phenoxy) is 1. The van der Waals surface area contributed by atoms with Gasteiger partial charge in [-0.05, 0) is 43.4 Å². The van der Waals surface area contributed by atoms with Crippen LogP contribution in [-0.2, 0) is 10.0 Å². The van der Waals surface area contributed by atoms with Gasteiger partial charge in [-0.2, -0.15) is 0 Å². The van der Waals surface area contributed by atoms with Crippen LogP contribution in [0.15, 0.2) is 23.1 Å². The first-order valence-corrected chi connectivity index (χ1v) is 10.8. The second kappa shape index (κ2) is 9.37. The van der Waals surface area contributed by atoms with Crippen LogP contribution >= 0.6 is 0 Å². The fourth-order valence-corrected chi connectivity index (χ4v) is 4.61. The minimum Gasteiger partial charge on any atom is -0.495 e. The lowest BCUT2D eigenvalue weighted by atomic mass is 9.96. The Morgan fingerprint density at radius 3 is 2.54 bits per heavy atom. The first-order valence-electron chi connectivity index (χ1n) is 9.32. The number of carbonyl (C=O) groups is 1. The Morgan fingerprint density at radius 2 is 1.92 bits per heavy atom. The summed E-state index contributed by atoms with van der Waals surface area (Å²) in [4.78, 5) is 12.3. The van der Waals surface area contributed by atoms with Crippen molar-refractivity contribution < 1.29 is 17.9 Å². The van der Waals surface area contributed by atoms with Gasteiger partial charge in [0.2, 0.25) is 10.0 Å². The van der Waals surface area contributed by atoms with Gasteiger partial charge in [0.1, 0.15) is 10.6 Å². The van der Waals surface area contributed by atoms with Crippen molar-refractivity contribution in [1.29, 1.82) is 0 Å². The maximum Gasteiger partial charge on any atom is 0.251 e. The number of amides is 1. The average Bonchev–Trinajstić information content (AvgIpc) is 2.61. The summed E-state index contributed by atoms with van der Waals surface area (Å²) in [5, 5.41) is 2.83. The molecule has 1 aromatic rings. The summed E-state index contributed by atoms with van der Waals surface area (Å²) in [6.45, 7) is 4.73. The normalized spacial score (nSPS) is 15.8. The van der Waals surface area contributed by atoms with Gasteiger partial charge in [0.25, 0.3) is 5.91 Å². The van der Waals surface area contributed by atoms with E-state index in [1.54, 1.807) is 6.07 Å². The Bertz CT molecular complexity index is 710. The quantitative estimate of drug-likeness (QED) is 0.724. The van der Waals surface area contributed by atoms with Crippen LogP contribution in [0, 0.1) is 5.92 Å². The molecule has 0 aliphatic heterocycles. The highest BCUT2D eigenvalue weighted by Crippen LogP contribution is 2.27. The molecule has 0 unspecified atom stereocenters. The topological polar surface area (TPSA) is 84.5 Å². The molecule has 2 N–H and O–H groups in total. The van der Waals surface area contributed by atoms with Crippen LogP contribution in [0.25, 0.3) is 0 Å². The second-order valence-electron chi connectivity index (χ2n) is 7.26. The van der Waals surface area contributed by atoms with Crippen LogP contribution in [0.3, 0.4) is 0 Å². The van der Waals surface area contributed by atoms with Gasteiger partial charge >= 0.3 is 0 Å². The Hall–Kier alpha value is -1.60. The molecule has 1 aliphatic rings. The highest BCUT2D eigenvalue weighted by molar-refractivity contribution is 7.89. The van der Waals surface area contributed by atoms with E-state index in [4.69, 9.17) is 4.74 Å². The van der Waals surface area contributed by atoms with E-state index in [0.29, 0.717) is 18.0 Å². The average molecular weight is 383 g/mol. The zero-order valence-electron chi connectivity index (χ0n) is 15.9. The molecular weight excluding hydrogens is 352 g/mol. The highest BCUT2D eigenvalue weighted by Gasteiger charge is 2.26. The predicted molar refractivity (Wildman–Crippen MR) is 102 cm³/mol. The number of methoxy groups -OCH3 is 1. The van der Waals surface area contributed by atoms with Crippen molar-refractivity contribution in [3.63, 3.8) is 0 Å². The number of sulfonamides is 1. The fraction of sp³-hybridized carbons (Fsp3) is 0.632. The molecule has 0 saturated heterocycles. The van der Waals surface area contributed by atoms with Crippen LogP contribution in [0.5, 0.6) is 5.75 Å². The van der Waals surface area contributed by atoms with E-state index >= 15 is 0 Å². The first-order chi connectivity index (χ1) is 12.3. The molecule has 0 spiro atoms. The van der Waals surface area contributed by atoms with Crippen LogP contribution in [-0.4, -0.2) is 34.0 Å². The molecule has 1 fully saturated rings. The molecule has 0 bridgehead atoms. The van der Waals surface area contributed by atoms with Crippen LogP contribution in [0.1, 0.15) is 62.7 Å². The molecule has 6 nitrogen and oxygen atoms in total. The SMILES string of the molecule is COc1ccc(C(=O)NCCC(C)C)cc1S(=O)(=O)NC1CCCCC1. The van der Waals surface area contributed by atoms with Gasteiger partial charge in [-0.25, -0.2) is 13.1 Å². The van der Waals surface area contributed by atoms with Gasteiger partial charge < -0.3 is 10.1 Å². The largest absolute Gasteiger partial charge is 0.495 e. The minimum absolute atomic E-state index is 0.0158. The third-order valence-corrected chi connectivity index (χ3v) is 6.19. The van der Waals surface area contributed by atoms with Crippen LogP contribution in [0.4, 0.5) is 0 Å². The number of nitrogens with one attached hydrogen (secondary N) is 2. The van der Waals surface area contributed by atoms with E-state index in [1.807, 2.05) is 0 Å². The van der Waals surface area contributed by atoms with Gasteiger partial charge in [-0.1, -0.05) is 33.1 Å². The standard InChI is InChI=1S/C19H30N2O4S/c1-14(2)11-12-20-19(22)15-9-10-17(25-3)18(13-15)26(23,24)21-16-7-5-4-6-8-16/h9-10,13-14,16,21H,4-8,11-12H2,1-3H3,(H,20,22). The molecule has 0 radical (unpaired) electrons. The van der Waals surface area contributed by atoms with Crippen molar-refractivity contribution in [1.82, 2.24) is 10.0 Å². The van der Waals surface area contributed by atoms with Crippen molar-refractivity contribution in [2.75, 3.05) is 13.7 Å². The number of benzene rings is 1. The molecule has 7 heteroatoms. The Kier molecular flexibility index (Phi) is 7.46. The van der Waals surface area contributed by atoms with E-state index < -0.39 is 10.0 Å².